The van der Waals surface area contributed by atoms with E-state index in [0.29, 0.717) is 5.69 Å². The number of rotatable bonds is 1. The zero-order valence-corrected chi connectivity index (χ0v) is 11.3. The molecule has 0 aromatic carbocycles. The quantitative estimate of drug-likeness (QED) is 0.720. The molecule has 3 heteroatoms. The van der Waals surface area contributed by atoms with E-state index in [1.54, 1.807) is 13.1 Å². The number of hydrogen-bond donors (Lipinski definition) is 0. The Morgan fingerprint density at radius 1 is 1.38 bits per heavy atom. The number of nitrogens with zero attached hydrogens (tertiary/aromatic N) is 1. The molecule has 2 radical (unpaired) electrons. The van der Waals surface area contributed by atoms with Crippen LogP contribution in [0.4, 0.5) is 4.39 Å². The van der Waals surface area contributed by atoms with Crippen molar-refractivity contribution in [3.8, 4) is 0 Å². The van der Waals surface area contributed by atoms with Crippen molar-refractivity contribution in [1.29, 1.82) is 0 Å². The van der Waals surface area contributed by atoms with Crippen LogP contribution in [-0.2, 0) is 0 Å². The van der Waals surface area contributed by atoms with Crippen LogP contribution in [-0.4, -0.2) is 26.1 Å². The van der Waals surface area contributed by atoms with E-state index in [0.717, 1.165) is 3.58 Å². The summed E-state index contributed by atoms with van der Waals surface area (Å²) < 4.78 is 14.7. The summed E-state index contributed by atoms with van der Waals surface area (Å²) in [4.78, 5) is 3.92. The Balaban J connectivity index is 2.96. The fraction of sp³-hybridized carbons (Fsp3) is 0.500. The van der Waals surface area contributed by atoms with E-state index < -0.39 is 21.1 Å². The molecule has 0 atom stereocenters. The predicted molar refractivity (Wildman–Crippen MR) is 54.0 cm³/mol. The number of hydrogen-bond acceptors (Lipinski definition) is 1. The van der Waals surface area contributed by atoms with E-state index in [1.807, 2.05) is 6.07 Å². The van der Waals surface area contributed by atoms with Crippen molar-refractivity contribution in [2.75, 3.05) is 0 Å². The minimum atomic E-state index is -0.828. The van der Waals surface area contributed by atoms with Crippen molar-refractivity contribution in [1.82, 2.24) is 4.98 Å². The molecule has 0 unspecified atom stereocenters. The average Bonchev–Trinajstić information content (AvgIpc) is 1.96. The second kappa shape index (κ2) is 3.94. The van der Waals surface area contributed by atoms with Crippen LogP contribution in [0.25, 0.3) is 0 Å². The van der Waals surface area contributed by atoms with Gasteiger partial charge >= 0.3 is 89.0 Å². The molecule has 70 valence electrons. The van der Waals surface area contributed by atoms with E-state index in [-0.39, 0.29) is 9.25 Å². The van der Waals surface area contributed by atoms with Crippen molar-refractivity contribution in [2.45, 2.75) is 31.1 Å². The molecular weight excluding hydrogens is 272 g/mol. The Hall–Kier alpha value is -0.121. The van der Waals surface area contributed by atoms with Crippen LogP contribution in [0.1, 0.15) is 26.5 Å². The second-order valence-electron chi connectivity index (χ2n) is 4.13. The van der Waals surface area contributed by atoms with Crippen molar-refractivity contribution >= 4 is 24.7 Å². The summed E-state index contributed by atoms with van der Waals surface area (Å²) in [5.41, 5.74) is 0.530. The van der Waals surface area contributed by atoms with Crippen molar-refractivity contribution in [3.05, 3.63) is 23.8 Å². The first kappa shape index (κ1) is 11.0. The van der Waals surface area contributed by atoms with Crippen LogP contribution in [0.15, 0.2) is 12.3 Å². The van der Waals surface area contributed by atoms with Gasteiger partial charge in [0, 0.05) is 0 Å². The van der Waals surface area contributed by atoms with E-state index in [2.05, 4.69) is 25.8 Å². The first-order chi connectivity index (χ1) is 5.90. The van der Waals surface area contributed by atoms with Gasteiger partial charge in [-0.05, 0) is 0 Å². The molecule has 0 N–H and O–H groups in total. The van der Waals surface area contributed by atoms with Gasteiger partial charge in [0.25, 0.3) is 0 Å². The van der Waals surface area contributed by atoms with Gasteiger partial charge in [-0.25, -0.2) is 0 Å². The van der Waals surface area contributed by atoms with Gasteiger partial charge in [-0.1, -0.05) is 0 Å². The monoisotopic (exact) mass is 287 g/mol. The van der Waals surface area contributed by atoms with Crippen LogP contribution < -0.4 is 3.58 Å². The summed E-state index contributed by atoms with van der Waals surface area (Å²) in [7, 11) is 0. The van der Waals surface area contributed by atoms with Crippen molar-refractivity contribution in [2.24, 2.45) is 0 Å². The Bertz CT molecular complexity index is 304. The summed E-state index contributed by atoms with van der Waals surface area (Å²) in [5, 5.41) is 0. The van der Waals surface area contributed by atoms with Gasteiger partial charge in [-0.2, -0.15) is 0 Å². The first-order valence-corrected chi connectivity index (χ1v) is 7.15. The van der Waals surface area contributed by atoms with Gasteiger partial charge in [0.05, 0.1) is 0 Å². The van der Waals surface area contributed by atoms with Crippen LogP contribution in [0, 0.1) is 12.7 Å². The zero-order chi connectivity index (χ0) is 10.1. The molecule has 13 heavy (non-hydrogen) atoms. The van der Waals surface area contributed by atoms with Crippen LogP contribution >= 0.6 is 0 Å². The Kier molecular flexibility index (Phi) is 3.32. The fourth-order valence-electron chi connectivity index (χ4n) is 1.05. The predicted octanol–water partition coefficient (Wildman–Crippen LogP) is 2.08. The molecule has 1 heterocycles. The molecule has 0 bridgehead atoms. The Labute approximate surface area is 89.0 Å². The molecule has 0 saturated heterocycles. The molecule has 1 nitrogen and oxygen atoms in total. The maximum atomic E-state index is 13.5. The molecule has 1 rings (SSSR count). The van der Waals surface area contributed by atoms with Gasteiger partial charge in [0.15, 0.2) is 0 Å². The Morgan fingerprint density at radius 2 is 2.00 bits per heavy atom. The van der Waals surface area contributed by atoms with Gasteiger partial charge in [0.1, 0.15) is 0 Å². The minimum absolute atomic E-state index is 0.0796. The summed E-state index contributed by atoms with van der Waals surface area (Å²) >= 11 is -0.828. The van der Waals surface area contributed by atoms with Crippen LogP contribution in [0.2, 0.25) is 3.43 Å². The fourth-order valence-corrected chi connectivity index (χ4v) is 4.64. The molecule has 0 fully saturated rings. The van der Waals surface area contributed by atoms with E-state index in [9.17, 15) is 4.39 Å². The third kappa shape index (κ3) is 3.25. The number of aromatic nitrogens is 1. The van der Waals surface area contributed by atoms with E-state index in [4.69, 9.17) is 0 Å². The molecule has 0 aliphatic rings. The molecule has 0 amide bonds. The summed E-state index contributed by atoms with van der Waals surface area (Å²) in [5.74, 6) is -0.0796. The summed E-state index contributed by atoms with van der Waals surface area (Å²) in [6.07, 6.45) is 1.71. The molecule has 0 aliphatic carbocycles. The van der Waals surface area contributed by atoms with Gasteiger partial charge in [0.2, 0.25) is 0 Å². The average molecular weight is 286 g/mol. The third-order valence-electron chi connectivity index (χ3n) is 1.57. The first-order valence-electron chi connectivity index (χ1n) is 4.29. The van der Waals surface area contributed by atoms with Gasteiger partial charge < -0.3 is 0 Å². The Morgan fingerprint density at radius 3 is 2.54 bits per heavy atom. The molecule has 0 spiro atoms. The SMILES string of the molecule is Cc1ncc[c]([Sn][C](C)(C)C)c1F. The third-order valence-corrected chi connectivity index (χ3v) is 5.58. The number of pyridine rings is 1. The molecular formula is C10H14FNSn. The zero-order valence-electron chi connectivity index (χ0n) is 8.48. The summed E-state index contributed by atoms with van der Waals surface area (Å²) in [6.45, 7) is 8.25. The molecule has 0 saturated carbocycles. The van der Waals surface area contributed by atoms with Gasteiger partial charge in [-0.3, -0.25) is 0 Å². The van der Waals surface area contributed by atoms with E-state index in [1.165, 1.54) is 0 Å². The standard InChI is InChI=1S/C6H5FN.C4H9.Sn/c1-5-6(7)3-2-4-8-5;1-4(2)3;/h2,4H,1H3;1-3H3;. The van der Waals surface area contributed by atoms with Crippen LogP contribution in [0.5, 0.6) is 0 Å². The number of halogens is 1. The van der Waals surface area contributed by atoms with Crippen molar-refractivity contribution < 1.29 is 4.39 Å². The second-order valence-corrected chi connectivity index (χ2v) is 10.7. The number of aryl methyl sites for hydroxylation is 1. The maximum absolute atomic E-state index is 13.5. The van der Waals surface area contributed by atoms with Gasteiger partial charge in [-0.15, -0.1) is 0 Å². The molecule has 1 aromatic rings. The topological polar surface area (TPSA) is 12.9 Å². The normalized spacial score (nSPS) is 11.8. The van der Waals surface area contributed by atoms with Crippen LogP contribution in [0.3, 0.4) is 0 Å². The van der Waals surface area contributed by atoms with E-state index >= 15 is 0 Å². The molecule has 0 aliphatic heterocycles. The summed E-state index contributed by atoms with van der Waals surface area (Å²) in [6, 6.07) is 1.83. The van der Waals surface area contributed by atoms with Crippen molar-refractivity contribution in [3.63, 3.8) is 0 Å². The molecule has 1 aromatic heterocycles.